The molecule has 3 nitrogen and oxygen atoms in total. The highest BCUT2D eigenvalue weighted by molar-refractivity contribution is 5.84. The molecule has 21 heavy (non-hydrogen) atoms. The second-order valence-electron chi connectivity index (χ2n) is 5.91. The molecule has 0 aliphatic heterocycles. The Morgan fingerprint density at radius 2 is 2.10 bits per heavy atom. The first kappa shape index (κ1) is 14.0. The van der Waals surface area contributed by atoms with Gasteiger partial charge in [0.15, 0.2) is 0 Å². The molecule has 0 bridgehead atoms. The second-order valence-corrected chi connectivity index (χ2v) is 5.91. The van der Waals surface area contributed by atoms with Crippen LogP contribution in [-0.2, 0) is 12.8 Å². The van der Waals surface area contributed by atoms with E-state index in [1.165, 1.54) is 32.1 Å². The van der Waals surface area contributed by atoms with E-state index in [-0.39, 0.29) is 0 Å². The van der Waals surface area contributed by atoms with Crippen molar-refractivity contribution in [2.45, 2.75) is 44.9 Å². The van der Waals surface area contributed by atoms with E-state index in [2.05, 4.69) is 6.07 Å². The molecule has 1 aliphatic rings. The molecule has 3 rings (SSSR count). The SMILES string of the molecule is COc1ccc2oc(CC3CCCCC3)c(CC#N)c2c1. The summed E-state index contributed by atoms with van der Waals surface area (Å²) in [4.78, 5) is 0. The van der Waals surface area contributed by atoms with Gasteiger partial charge in [0, 0.05) is 17.4 Å². The summed E-state index contributed by atoms with van der Waals surface area (Å²) >= 11 is 0. The van der Waals surface area contributed by atoms with E-state index in [4.69, 9.17) is 14.4 Å². The van der Waals surface area contributed by atoms with Crippen LogP contribution < -0.4 is 4.74 Å². The van der Waals surface area contributed by atoms with E-state index in [1.807, 2.05) is 18.2 Å². The zero-order chi connectivity index (χ0) is 14.7. The summed E-state index contributed by atoms with van der Waals surface area (Å²) in [5.41, 5.74) is 1.92. The lowest BCUT2D eigenvalue weighted by atomic mass is 9.85. The van der Waals surface area contributed by atoms with Crippen LogP contribution in [0.25, 0.3) is 11.0 Å². The highest BCUT2D eigenvalue weighted by atomic mass is 16.5. The van der Waals surface area contributed by atoms with Crippen molar-refractivity contribution in [1.29, 1.82) is 5.26 Å². The van der Waals surface area contributed by atoms with Crippen molar-refractivity contribution in [1.82, 2.24) is 0 Å². The molecule has 0 spiro atoms. The molecular weight excluding hydrogens is 262 g/mol. The van der Waals surface area contributed by atoms with Crippen LogP contribution in [0.4, 0.5) is 0 Å². The number of nitrogens with zero attached hydrogens (tertiary/aromatic N) is 1. The summed E-state index contributed by atoms with van der Waals surface area (Å²) < 4.78 is 11.3. The number of nitriles is 1. The van der Waals surface area contributed by atoms with Crippen LogP contribution in [0.2, 0.25) is 0 Å². The molecular formula is C18H21NO2. The first-order valence-electron chi connectivity index (χ1n) is 7.77. The summed E-state index contributed by atoms with van der Waals surface area (Å²) in [5, 5.41) is 10.2. The minimum atomic E-state index is 0.405. The summed E-state index contributed by atoms with van der Waals surface area (Å²) in [6.45, 7) is 0. The fraction of sp³-hybridized carbons (Fsp3) is 0.500. The Bertz CT molecular complexity index is 660. The van der Waals surface area contributed by atoms with Gasteiger partial charge in [-0.25, -0.2) is 0 Å². The number of methoxy groups -OCH3 is 1. The van der Waals surface area contributed by atoms with E-state index in [1.54, 1.807) is 7.11 Å². The molecule has 1 fully saturated rings. The molecule has 0 radical (unpaired) electrons. The molecule has 0 amide bonds. The topological polar surface area (TPSA) is 46.2 Å². The average Bonchev–Trinajstić information content (AvgIpc) is 2.85. The van der Waals surface area contributed by atoms with Crippen LogP contribution in [0, 0.1) is 17.2 Å². The van der Waals surface area contributed by atoms with E-state index >= 15 is 0 Å². The summed E-state index contributed by atoms with van der Waals surface area (Å²) in [5.74, 6) is 2.53. The molecule has 1 aromatic carbocycles. The molecule has 0 N–H and O–H groups in total. The van der Waals surface area contributed by atoms with Crippen molar-refractivity contribution in [3.05, 3.63) is 29.5 Å². The lowest BCUT2D eigenvalue weighted by Crippen LogP contribution is -2.09. The van der Waals surface area contributed by atoms with Gasteiger partial charge in [0.05, 0.1) is 19.6 Å². The van der Waals surface area contributed by atoms with Gasteiger partial charge in [-0.15, -0.1) is 0 Å². The van der Waals surface area contributed by atoms with Gasteiger partial charge in [0.1, 0.15) is 17.1 Å². The fourth-order valence-corrected chi connectivity index (χ4v) is 3.40. The van der Waals surface area contributed by atoms with Gasteiger partial charge in [0.25, 0.3) is 0 Å². The number of hydrogen-bond acceptors (Lipinski definition) is 3. The van der Waals surface area contributed by atoms with Gasteiger partial charge in [-0.3, -0.25) is 0 Å². The molecule has 110 valence electrons. The first-order valence-corrected chi connectivity index (χ1v) is 7.77. The second kappa shape index (κ2) is 6.22. The minimum absolute atomic E-state index is 0.405. The summed E-state index contributed by atoms with van der Waals surface area (Å²) in [6.07, 6.45) is 7.95. The number of ether oxygens (including phenoxy) is 1. The molecule has 3 heteroatoms. The van der Waals surface area contributed by atoms with Crippen LogP contribution in [0.1, 0.15) is 43.4 Å². The van der Waals surface area contributed by atoms with Gasteiger partial charge in [0.2, 0.25) is 0 Å². The van der Waals surface area contributed by atoms with Crippen molar-refractivity contribution < 1.29 is 9.15 Å². The van der Waals surface area contributed by atoms with Gasteiger partial charge in [-0.1, -0.05) is 32.1 Å². The molecule has 0 saturated heterocycles. The highest BCUT2D eigenvalue weighted by Gasteiger charge is 2.20. The number of rotatable bonds is 4. The van der Waals surface area contributed by atoms with Crippen LogP contribution in [0.3, 0.4) is 0 Å². The largest absolute Gasteiger partial charge is 0.497 e. The number of furan rings is 1. The standard InChI is InChI=1S/C18H21NO2/c1-20-14-7-8-17-16(12-14)15(9-10-19)18(21-17)11-13-5-3-2-4-6-13/h7-8,12-13H,2-6,9,11H2,1H3. The molecule has 1 aliphatic carbocycles. The number of benzene rings is 1. The maximum Gasteiger partial charge on any atom is 0.134 e. The van der Waals surface area contributed by atoms with Gasteiger partial charge >= 0.3 is 0 Å². The summed E-state index contributed by atoms with van der Waals surface area (Å²) in [6, 6.07) is 8.11. The van der Waals surface area contributed by atoms with Crippen molar-refractivity contribution in [3.63, 3.8) is 0 Å². The number of hydrogen-bond donors (Lipinski definition) is 0. The minimum Gasteiger partial charge on any atom is -0.497 e. The monoisotopic (exact) mass is 283 g/mol. The third-order valence-corrected chi connectivity index (χ3v) is 4.54. The van der Waals surface area contributed by atoms with Crippen molar-refractivity contribution in [3.8, 4) is 11.8 Å². The van der Waals surface area contributed by atoms with Gasteiger partial charge in [-0.2, -0.15) is 5.26 Å². The lowest BCUT2D eigenvalue weighted by molar-refractivity contribution is 0.336. The van der Waals surface area contributed by atoms with Gasteiger partial charge in [-0.05, 0) is 24.1 Å². The van der Waals surface area contributed by atoms with Crippen molar-refractivity contribution >= 4 is 11.0 Å². The Balaban J connectivity index is 1.96. The zero-order valence-electron chi connectivity index (χ0n) is 12.5. The lowest BCUT2D eigenvalue weighted by Gasteiger charge is -2.20. The third kappa shape index (κ3) is 2.90. The molecule has 0 unspecified atom stereocenters. The third-order valence-electron chi connectivity index (χ3n) is 4.54. The van der Waals surface area contributed by atoms with E-state index in [0.29, 0.717) is 12.3 Å². The Kier molecular flexibility index (Phi) is 4.15. The number of fused-ring (bicyclic) bond motifs is 1. The van der Waals surface area contributed by atoms with E-state index in [9.17, 15) is 0 Å². The first-order chi connectivity index (χ1) is 10.3. The average molecular weight is 283 g/mol. The molecule has 1 heterocycles. The van der Waals surface area contributed by atoms with Crippen LogP contribution >= 0.6 is 0 Å². The Hall–Kier alpha value is -1.95. The van der Waals surface area contributed by atoms with Crippen LogP contribution in [0.5, 0.6) is 5.75 Å². The van der Waals surface area contributed by atoms with Crippen molar-refractivity contribution in [2.24, 2.45) is 5.92 Å². The van der Waals surface area contributed by atoms with E-state index < -0.39 is 0 Å². The quantitative estimate of drug-likeness (QED) is 0.821. The highest BCUT2D eigenvalue weighted by Crippen LogP contribution is 2.34. The normalized spacial score (nSPS) is 16.0. The molecule has 0 atom stereocenters. The fourth-order valence-electron chi connectivity index (χ4n) is 3.40. The molecule has 1 aromatic heterocycles. The van der Waals surface area contributed by atoms with Crippen molar-refractivity contribution in [2.75, 3.05) is 7.11 Å². The van der Waals surface area contributed by atoms with Gasteiger partial charge < -0.3 is 9.15 Å². The summed E-state index contributed by atoms with van der Waals surface area (Å²) in [7, 11) is 1.66. The Labute approximate surface area is 125 Å². The van der Waals surface area contributed by atoms with Crippen LogP contribution in [-0.4, -0.2) is 7.11 Å². The maximum atomic E-state index is 9.13. The molecule has 1 saturated carbocycles. The van der Waals surface area contributed by atoms with E-state index in [0.717, 1.165) is 34.5 Å². The predicted molar refractivity (Wildman–Crippen MR) is 82.4 cm³/mol. The smallest absolute Gasteiger partial charge is 0.134 e. The predicted octanol–water partition coefficient (Wildman–Crippen LogP) is 4.63. The van der Waals surface area contributed by atoms with Crippen LogP contribution in [0.15, 0.2) is 22.6 Å². The Morgan fingerprint density at radius 3 is 2.81 bits per heavy atom. The Morgan fingerprint density at radius 1 is 1.29 bits per heavy atom. The molecule has 2 aromatic rings. The maximum absolute atomic E-state index is 9.13. The zero-order valence-corrected chi connectivity index (χ0v) is 12.5.